The standard InChI is InChI=1S/C12H15FO2/c1-2-3-9-11(13)12(14)15-10-7-5-4-6-8-10/h4-8,11H,2-3,9H2,1H3. The molecule has 0 aliphatic rings. The van der Waals surface area contributed by atoms with E-state index in [1.807, 2.05) is 6.92 Å². The van der Waals surface area contributed by atoms with Crippen LogP contribution in [-0.4, -0.2) is 12.1 Å². The highest BCUT2D eigenvalue weighted by Gasteiger charge is 2.18. The summed E-state index contributed by atoms with van der Waals surface area (Å²) in [7, 11) is 0. The van der Waals surface area contributed by atoms with Gasteiger partial charge in [-0.05, 0) is 18.6 Å². The summed E-state index contributed by atoms with van der Waals surface area (Å²) in [4.78, 5) is 11.2. The van der Waals surface area contributed by atoms with E-state index in [-0.39, 0.29) is 6.42 Å². The highest BCUT2D eigenvalue weighted by molar-refractivity contribution is 5.76. The second-order valence-electron chi connectivity index (χ2n) is 3.34. The van der Waals surface area contributed by atoms with E-state index in [1.54, 1.807) is 30.3 Å². The van der Waals surface area contributed by atoms with E-state index in [1.165, 1.54) is 0 Å². The quantitative estimate of drug-likeness (QED) is 0.551. The lowest BCUT2D eigenvalue weighted by atomic mass is 10.2. The van der Waals surface area contributed by atoms with Gasteiger partial charge in [-0.1, -0.05) is 38.0 Å². The van der Waals surface area contributed by atoms with Crippen LogP contribution in [0.5, 0.6) is 5.75 Å². The molecule has 0 aliphatic heterocycles. The van der Waals surface area contributed by atoms with Gasteiger partial charge < -0.3 is 4.74 Å². The van der Waals surface area contributed by atoms with Crippen LogP contribution in [0.25, 0.3) is 0 Å². The van der Waals surface area contributed by atoms with Crippen molar-refractivity contribution in [1.29, 1.82) is 0 Å². The fraction of sp³-hybridized carbons (Fsp3) is 0.417. The maximum absolute atomic E-state index is 13.2. The van der Waals surface area contributed by atoms with Crippen LogP contribution in [0.4, 0.5) is 4.39 Å². The molecular weight excluding hydrogens is 195 g/mol. The van der Waals surface area contributed by atoms with Gasteiger partial charge in [0.1, 0.15) is 5.75 Å². The maximum Gasteiger partial charge on any atom is 0.346 e. The van der Waals surface area contributed by atoms with Crippen LogP contribution >= 0.6 is 0 Å². The van der Waals surface area contributed by atoms with Gasteiger partial charge in [0.2, 0.25) is 0 Å². The van der Waals surface area contributed by atoms with Gasteiger partial charge in [0, 0.05) is 0 Å². The number of para-hydroxylation sites is 1. The van der Waals surface area contributed by atoms with Crippen molar-refractivity contribution in [3.63, 3.8) is 0 Å². The Kier molecular flexibility index (Phi) is 4.81. The molecule has 0 saturated heterocycles. The molecule has 0 fully saturated rings. The monoisotopic (exact) mass is 210 g/mol. The van der Waals surface area contributed by atoms with Crippen LogP contribution in [-0.2, 0) is 4.79 Å². The number of rotatable bonds is 5. The predicted molar refractivity (Wildman–Crippen MR) is 56.5 cm³/mol. The van der Waals surface area contributed by atoms with E-state index < -0.39 is 12.1 Å². The highest BCUT2D eigenvalue weighted by Crippen LogP contribution is 2.12. The number of carbonyl (C=O) groups excluding carboxylic acids is 1. The zero-order valence-electron chi connectivity index (χ0n) is 8.78. The molecule has 0 aromatic heterocycles. The van der Waals surface area contributed by atoms with Crippen molar-refractivity contribution in [3.8, 4) is 5.75 Å². The third-order valence-electron chi connectivity index (χ3n) is 2.03. The van der Waals surface area contributed by atoms with Gasteiger partial charge in [0.05, 0.1) is 0 Å². The van der Waals surface area contributed by atoms with Crippen LogP contribution in [0.15, 0.2) is 30.3 Å². The molecule has 0 N–H and O–H groups in total. The van der Waals surface area contributed by atoms with Gasteiger partial charge >= 0.3 is 5.97 Å². The fourth-order valence-corrected chi connectivity index (χ4v) is 1.17. The molecule has 1 aromatic carbocycles. The number of hydrogen-bond donors (Lipinski definition) is 0. The number of hydrogen-bond acceptors (Lipinski definition) is 2. The molecule has 1 unspecified atom stereocenters. The lowest BCUT2D eigenvalue weighted by molar-refractivity contribution is -0.140. The van der Waals surface area contributed by atoms with Gasteiger partial charge in [0.15, 0.2) is 6.17 Å². The first-order chi connectivity index (χ1) is 7.24. The van der Waals surface area contributed by atoms with E-state index in [4.69, 9.17) is 4.74 Å². The first kappa shape index (κ1) is 11.7. The molecule has 3 heteroatoms. The van der Waals surface area contributed by atoms with E-state index in [0.717, 1.165) is 6.42 Å². The summed E-state index contributed by atoms with van der Waals surface area (Å²) in [6.45, 7) is 1.95. The molecule has 82 valence electrons. The average Bonchev–Trinajstić information content (AvgIpc) is 2.27. The van der Waals surface area contributed by atoms with Crippen LogP contribution in [0.3, 0.4) is 0 Å². The number of carbonyl (C=O) groups is 1. The Morgan fingerprint density at radius 1 is 1.40 bits per heavy atom. The third-order valence-corrected chi connectivity index (χ3v) is 2.03. The Morgan fingerprint density at radius 2 is 2.07 bits per heavy atom. The van der Waals surface area contributed by atoms with E-state index >= 15 is 0 Å². The van der Waals surface area contributed by atoms with E-state index in [0.29, 0.717) is 12.2 Å². The van der Waals surface area contributed by atoms with Gasteiger partial charge in [-0.15, -0.1) is 0 Å². The second-order valence-corrected chi connectivity index (χ2v) is 3.34. The van der Waals surface area contributed by atoms with Crippen LogP contribution < -0.4 is 4.74 Å². The molecule has 0 bridgehead atoms. The normalized spacial score (nSPS) is 12.1. The van der Waals surface area contributed by atoms with Crippen LogP contribution in [0.2, 0.25) is 0 Å². The van der Waals surface area contributed by atoms with Crippen molar-refractivity contribution in [2.24, 2.45) is 0 Å². The topological polar surface area (TPSA) is 26.3 Å². The Labute approximate surface area is 89.1 Å². The Balaban J connectivity index is 2.42. The molecule has 0 heterocycles. The number of alkyl halides is 1. The van der Waals surface area contributed by atoms with Crippen molar-refractivity contribution < 1.29 is 13.9 Å². The lowest BCUT2D eigenvalue weighted by Crippen LogP contribution is -2.21. The third kappa shape index (κ3) is 4.11. The Bertz CT molecular complexity index is 298. The minimum atomic E-state index is -1.51. The minimum Gasteiger partial charge on any atom is -0.424 e. The van der Waals surface area contributed by atoms with Gasteiger partial charge in [0.25, 0.3) is 0 Å². The zero-order valence-corrected chi connectivity index (χ0v) is 8.78. The average molecular weight is 210 g/mol. The summed E-state index contributed by atoms with van der Waals surface area (Å²) in [5.41, 5.74) is 0. The molecule has 0 saturated carbocycles. The number of halogens is 1. The van der Waals surface area contributed by atoms with Gasteiger partial charge in [-0.2, -0.15) is 0 Å². The Hall–Kier alpha value is -1.38. The summed E-state index contributed by atoms with van der Waals surface area (Å²) < 4.78 is 18.1. The molecule has 2 nitrogen and oxygen atoms in total. The highest BCUT2D eigenvalue weighted by atomic mass is 19.1. The largest absolute Gasteiger partial charge is 0.424 e. The Morgan fingerprint density at radius 3 is 2.67 bits per heavy atom. The molecule has 1 rings (SSSR count). The van der Waals surface area contributed by atoms with E-state index in [2.05, 4.69) is 0 Å². The summed E-state index contributed by atoms with van der Waals surface area (Å²) in [5.74, 6) is -0.406. The lowest BCUT2D eigenvalue weighted by Gasteiger charge is -2.07. The zero-order chi connectivity index (χ0) is 11.1. The van der Waals surface area contributed by atoms with Crippen molar-refractivity contribution in [3.05, 3.63) is 30.3 Å². The molecule has 15 heavy (non-hydrogen) atoms. The maximum atomic E-state index is 13.2. The SMILES string of the molecule is CCCCC(F)C(=O)Oc1ccccc1. The minimum absolute atomic E-state index is 0.238. The summed E-state index contributed by atoms with van der Waals surface area (Å²) in [6, 6.07) is 8.54. The first-order valence-corrected chi connectivity index (χ1v) is 5.15. The molecular formula is C12H15FO2. The summed E-state index contributed by atoms with van der Waals surface area (Å²) >= 11 is 0. The second kappa shape index (κ2) is 6.17. The summed E-state index contributed by atoms with van der Waals surface area (Å²) in [6.07, 6.45) is 0.303. The fourth-order valence-electron chi connectivity index (χ4n) is 1.17. The van der Waals surface area contributed by atoms with Gasteiger partial charge in [-0.25, -0.2) is 9.18 Å². The molecule has 0 radical (unpaired) electrons. The molecule has 0 amide bonds. The molecule has 1 aromatic rings. The van der Waals surface area contributed by atoms with Gasteiger partial charge in [-0.3, -0.25) is 0 Å². The molecule has 0 aliphatic carbocycles. The first-order valence-electron chi connectivity index (χ1n) is 5.15. The number of unbranched alkanes of at least 4 members (excludes halogenated alkanes) is 1. The summed E-state index contributed by atoms with van der Waals surface area (Å²) in [5, 5.41) is 0. The molecule has 0 spiro atoms. The number of esters is 1. The predicted octanol–water partition coefficient (Wildman–Crippen LogP) is 3.12. The van der Waals surface area contributed by atoms with Crippen LogP contribution in [0.1, 0.15) is 26.2 Å². The smallest absolute Gasteiger partial charge is 0.346 e. The van der Waals surface area contributed by atoms with Crippen molar-refractivity contribution in [1.82, 2.24) is 0 Å². The van der Waals surface area contributed by atoms with Crippen molar-refractivity contribution in [2.75, 3.05) is 0 Å². The molecule has 1 atom stereocenters. The number of ether oxygens (including phenoxy) is 1. The number of benzene rings is 1. The van der Waals surface area contributed by atoms with E-state index in [9.17, 15) is 9.18 Å². The van der Waals surface area contributed by atoms with Crippen LogP contribution in [0, 0.1) is 0 Å². The van der Waals surface area contributed by atoms with Crippen molar-refractivity contribution in [2.45, 2.75) is 32.4 Å². The van der Waals surface area contributed by atoms with Crippen molar-refractivity contribution >= 4 is 5.97 Å².